The third-order valence-corrected chi connectivity index (χ3v) is 7.67. The molecule has 218 valence electrons. The van der Waals surface area contributed by atoms with Gasteiger partial charge < -0.3 is 21.3 Å². The van der Waals surface area contributed by atoms with Gasteiger partial charge in [0.15, 0.2) is 9.84 Å². The van der Waals surface area contributed by atoms with Crippen LogP contribution in [0.5, 0.6) is 0 Å². The van der Waals surface area contributed by atoms with Crippen molar-refractivity contribution in [3.8, 4) is 0 Å². The van der Waals surface area contributed by atoms with E-state index < -0.39 is 57.9 Å². The topological polar surface area (TPSA) is 133 Å². The second-order valence-electron chi connectivity index (χ2n) is 9.70. The third-order valence-electron chi connectivity index (χ3n) is 6.54. The van der Waals surface area contributed by atoms with Crippen LogP contribution >= 0.6 is 0 Å². The summed E-state index contributed by atoms with van der Waals surface area (Å²) in [7, 11) is -3.40. The molecule has 0 aliphatic heterocycles. The number of carbonyl (C=O) groups is 3. The molecule has 0 radical (unpaired) electrons. The van der Waals surface area contributed by atoms with Gasteiger partial charge in [0.05, 0.1) is 22.6 Å². The summed E-state index contributed by atoms with van der Waals surface area (Å²) < 4.78 is 63.0. The zero-order valence-corrected chi connectivity index (χ0v) is 23.0. The van der Waals surface area contributed by atoms with Crippen LogP contribution in [0.1, 0.15) is 65.3 Å². The van der Waals surface area contributed by atoms with Gasteiger partial charge in [0.2, 0.25) is 5.91 Å². The summed E-state index contributed by atoms with van der Waals surface area (Å²) in [6.45, 7) is 1.85. The molecule has 1 saturated carbocycles. The van der Waals surface area contributed by atoms with E-state index in [1.54, 1.807) is 0 Å². The first kappa shape index (κ1) is 30.9. The molecule has 1 aliphatic carbocycles. The number of benzene rings is 2. The highest BCUT2D eigenvalue weighted by Crippen LogP contribution is 2.32. The number of amides is 3. The standard InChI is InChI=1S/C27H33F3N4O5S/c1-3-14-31-21-13-10-18(27(28,29)30)15-20(21)26(37)32-16-24(35)33-22-6-4-5-7-23(22)34-25(36)17-8-11-19(12-9-17)40(2,38)39/h8-13,15,22-23,31H,3-7,14,16H2,1-2H3,(H,32,37)(H,33,35)(H,34,36). The van der Waals surface area contributed by atoms with E-state index in [2.05, 4.69) is 21.3 Å². The molecule has 0 heterocycles. The van der Waals surface area contributed by atoms with Gasteiger partial charge in [0, 0.05) is 36.1 Å². The van der Waals surface area contributed by atoms with Crippen LogP contribution in [0, 0.1) is 0 Å². The van der Waals surface area contributed by atoms with Crippen molar-refractivity contribution in [3.05, 3.63) is 59.2 Å². The summed E-state index contributed by atoms with van der Waals surface area (Å²) >= 11 is 0. The molecule has 2 atom stereocenters. The lowest BCUT2D eigenvalue weighted by atomic mass is 9.90. The van der Waals surface area contributed by atoms with Gasteiger partial charge in [-0.2, -0.15) is 13.2 Å². The van der Waals surface area contributed by atoms with Crippen molar-refractivity contribution in [2.24, 2.45) is 0 Å². The summed E-state index contributed by atoms with van der Waals surface area (Å²) in [6.07, 6.45) is -0.0613. The predicted octanol–water partition coefficient (Wildman–Crippen LogP) is 3.52. The molecule has 3 amide bonds. The molecule has 1 aliphatic rings. The van der Waals surface area contributed by atoms with Gasteiger partial charge in [-0.25, -0.2) is 8.42 Å². The number of hydrogen-bond donors (Lipinski definition) is 4. The van der Waals surface area contributed by atoms with E-state index >= 15 is 0 Å². The van der Waals surface area contributed by atoms with E-state index in [4.69, 9.17) is 0 Å². The van der Waals surface area contributed by atoms with Gasteiger partial charge in [0.1, 0.15) is 0 Å². The largest absolute Gasteiger partial charge is 0.416 e. The van der Waals surface area contributed by atoms with Gasteiger partial charge in [-0.3, -0.25) is 14.4 Å². The fourth-order valence-electron chi connectivity index (χ4n) is 4.42. The van der Waals surface area contributed by atoms with E-state index in [0.717, 1.165) is 31.2 Å². The maximum atomic E-state index is 13.2. The fourth-order valence-corrected chi connectivity index (χ4v) is 5.05. The van der Waals surface area contributed by atoms with Gasteiger partial charge in [-0.05, 0) is 61.7 Å². The van der Waals surface area contributed by atoms with E-state index in [0.29, 0.717) is 25.8 Å². The van der Waals surface area contributed by atoms with Crippen molar-refractivity contribution in [3.63, 3.8) is 0 Å². The smallest absolute Gasteiger partial charge is 0.384 e. The molecule has 0 spiro atoms. The second-order valence-corrected chi connectivity index (χ2v) is 11.7. The average molecular weight is 583 g/mol. The number of alkyl halides is 3. The molecule has 9 nitrogen and oxygen atoms in total. The Morgan fingerprint density at radius 1 is 0.925 bits per heavy atom. The summed E-state index contributed by atoms with van der Waals surface area (Å²) in [4.78, 5) is 38.3. The van der Waals surface area contributed by atoms with Crippen molar-refractivity contribution in [1.82, 2.24) is 16.0 Å². The van der Waals surface area contributed by atoms with Crippen molar-refractivity contribution in [2.75, 3.05) is 24.7 Å². The number of carbonyl (C=O) groups excluding carboxylic acids is 3. The van der Waals surface area contributed by atoms with Gasteiger partial charge in [-0.1, -0.05) is 19.8 Å². The summed E-state index contributed by atoms with van der Waals surface area (Å²) in [5.41, 5.74) is -0.701. The molecule has 0 aromatic heterocycles. The molecule has 13 heteroatoms. The number of anilines is 1. The van der Waals surface area contributed by atoms with E-state index in [1.165, 1.54) is 30.3 Å². The molecular weight excluding hydrogens is 549 g/mol. The molecule has 0 saturated heterocycles. The number of nitrogens with one attached hydrogen (secondary N) is 4. The van der Waals surface area contributed by atoms with E-state index in [9.17, 15) is 36.0 Å². The summed E-state index contributed by atoms with van der Waals surface area (Å²) in [6, 6.07) is 7.53. The first-order valence-electron chi connectivity index (χ1n) is 12.9. The van der Waals surface area contributed by atoms with Gasteiger partial charge in [0.25, 0.3) is 11.8 Å². The molecule has 3 rings (SSSR count). The average Bonchev–Trinajstić information content (AvgIpc) is 2.90. The number of sulfone groups is 1. The fraction of sp³-hybridized carbons (Fsp3) is 0.444. The Morgan fingerprint density at radius 3 is 2.12 bits per heavy atom. The normalized spacial score (nSPS) is 17.5. The first-order valence-corrected chi connectivity index (χ1v) is 14.8. The molecule has 40 heavy (non-hydrogen) atoms. The maximum absolute atomic E-state index is 13.2. The third kappa shape index (κ3) is 8.44. The highest BCUT2D eigenvalue weighted by atomic mass is 32.2. The molecule has 1 fully saturated rings. The Morgan fingerprint density at radius 2 is 1.55 bits per heavy atom. The second kappa shape index (κ2) is 13.2. The lowest BCUT2D eigenvalue weighted by Crippen LogP contribution is -2.54. The minimum atomic E-state index is -4.63. The van der Waals surface area contributed by atoms with Gasteiger partial charge >= 0.3 is 6.18 Å². The number of rotatable bonds is 10. The van der Waals surface area contributed by atoms with Gasteiger partial charge in [-0.15, -0.1) is 0 Å². The summed E-state index contributed by atoms with van der Waals surface area (Å²) in [5, 5.41) is 11.0. The van der Waals surface area contributed by atoms with Crippen LogP contribution in [0.3, 0.4) is 0 Å². The molecule has 0 bridgehead atoms. The van der Waals surface area contributed by atoms with Crippen LogP contribution in [0.4, 0.5) is 18.9 Å². The first-order chi connectivity index (χ1) is 18.8. The zero-order valence-electron chi connectivity index (χ0n) is 22.2. The highest BCUT2D eigenvalue weighted by molar-refractivity contribution is 7.90. The van der Waals surface area contributed by atoms with Crippen molar-refractivity contribution in [2.45, 2.75) is 62.2 Å². The minimum absolute atomic E-state index is 0.0901. The van der Waals surface area contributed by atoms with Crippen molar-refractivity contribution < 1.29 is 36.0 Å². The Hall–Kier alpha value is -3.61. The van der Waals surface area contributed by atoms with Crippen molar-refractivity contribution in [1.29, 1.82) is 0 Å². The molecule has 2 aromatic rings. The Bertz CT molecular complexity index is 1330. The van der Waals surface area contributed by atoms with Crippen LogP contribution in [0.15, 0.2) is 47.4 Å². The predicted molar refractivity (Wildman–Crippen MR) is 144 cm³/mol. The minimum Gasteiger partial charge on any atom is -0.384 e. The van der Waals surface area contributed by atoms with Crippen LogP contribution in [-0.4, -0.2) is 57.6 Å². The monoisotopic (exact) mass is 582 g/mol. The summed E-state index contributed by atoms with van der Waals surface area (Å²) in [5.74, 6) is -1.80. The Labute approximate surface area is 231 Å². The Kier molecular flexibility index (Phi) is 10.2. The van der Waals surface area contributed by atoms with Crippen LogP contribution in [-0.2, 0) is 20.8 Å². The zero-order chi connectivity index (χ0) is 29.5. The quantitative estimate of drug-likeness (QED) is 0.339. The number of halogens is 3. The van der Waals surface area contributed by atoms with Crippen LogP contribution in [0.25, 0.3) is 0 Å². The molecule has 2 aromatic carbocycles. The van der Waals surface area contributed by atoms with E-state index in [-0.39, 0.29) is 21.7 Å². The van der Waals surface area contributed by atoms with Crippen LogP contribution < -0.4 is 21.3 Å². The molecule has 4 N–H and O–H groups in total. The lowest BCUT2D eigenvalue weighted by molar-refractivity contribution is -0.137. The molecular formula is C27H33F3N4O5S. The maximum Gasteiger partial charge on any atom is 0.416 e. The SMILES string of the molecule is CCCNc1ccc(C(F)(F)F)cc1C(=O)NCC(=O)NC1CCCCC1NC(=O)c1ccc(S(C)(=O)=O)cc1. The lowest BCUT2D eigenvalue weighted by Gasteiger charge is -2.33. The highest BCUT2D eigenvalue weighted by Gasteiger charge is 2.32. The van der Waals surface area contributed by atoms with E-state index in [1.807, 2.05) is 6.92 Å². The number of hydrogen-bond acceptors (Lipinski definition) is 6. The molecule has 2 unspecified atom stereocenters. The Balaban J connectivity index is 1.62. The van der Waals surface area contributed by atoms with Crippen LogP contribution in [0.2, 0.25) is 0 Å². The van der Waals surface area contributed by atoms with Crippen molar-refractivity contribution >= 4 is 33.2 Å².